The second kappa shape index (κ2) is 12.6. The average Bonchev–Trinajstić information content (AvgIpc) is 2.82. The second-order valence-corrected chi connectivity index (χ2v) is 9.61. The largest absolute Gasteiger partial charge is 0.354 e. The Morgan fingerprint density at radius 2 is 1.50 bits per heavy atom. The van der Waals surface area contributed by atoms with E-state index in [0.29, 0.717) is 41.0 Å². The van der Waals surface area contributed by atoms with Crippen molar-refractivity contribution in [2.45, 2.75) is 39.3 Å². The number of halogens is 2. The number of rotatable bonds is 10. The van der Waals surface area contributed by atoms with Gasteiger partial charge in [-0.2, -0.15) is 0 Å². The van der Waals surface area contributed by atoms with E-state index < -0.39 is 6.04 Å². The molecule has 0 aliphatic heterocycles. The predicted octanol–water partition coefficient (Wildman–Crippen LogP) is 5.95. The standard InChI is InChI=1S/C28H30Cl2N2O2/c1-20(2)18-31-28(34)26(15-21-9-5-3-6-10-21)32(19-22-11-7-4-8-12-22)27(33)16-23-13-14-24(29)17-25(23)30/h3-14,17,20,26H,15-16,18-19H2,1-2H3,(H,31,34)/t26-/m1/s1. The highest BCUT2D eigenvalue weighted by atomic mass is 35.5. The summed E-state index contributed by atoms with van der Waals surface area (Å²) in [4.78, 5) is 28.8. The molecule has 34 heavy (non-hydrogen) atoms. The van der Waals surface area contributed by atoms with Crippen LogP contribution in [0.4, 0.5) is 0 Å². The highest BCUT2D eigenvalue weighted by Gasteiger charge is 2.30. The summed E-state index contributed by atoms with van der Waals surface area (Å²) >= 11 is 12.4. The van der Waals surface area contributed by atoms with Crippen LogP contribution in [-0.2, 0) is 29.0 Å². The topological polar surface area (TPSA) is 49.4 Å². The molecule has 3 aromatic rings. The molecule has 0 saturated heterocycles. The molecule has 0 saturated carbocycles. The SMILES string of the molecule is CC(C)CNC(=O)[C@@H](Cc1ccccc1)N(Cc1ccccc1)C(=O)Cc1ccc(Cl)cc1Cl. The van der Waals surface area contributed by atoms with Gasteiger partial charge in [-0.25, -0.2) is 0 Å². The lowest BCUT2D eigenvalue weighted by Crippen LogP contribution is -2.51. The summed E-state index contributed by atoms with van der Waals surface area (Å²) in [5.41, 5.74) is 2.62. The van der Waals surface area contributed by atoms with Gasteiger partial charge in [-0.1, -0.05) is 104 Å². The molecule has 1 N–H and O–H groups in total. The predicted molar refractivity (Wildman–Crippen MR) is 139 cm³/mol. The molecule has 0 bridgehead atoms. The molecule has 0 heterocycles. The lowest BCUT2D eigenvalue weighted by atomic mass is 10.0. The van der Waals surface area contributed by atoms with Gasteiger partial charge in [0.15, 0.2) is 0 Å². The Balaban J connectivity index is 1.95. The van der Waals surface area contributed by atoms with Crippen LogP contribution >= 0.6 is 23.2 Å². The van der Waals surface area contributed by atoms with Crippen molar-refractivity contribution >= 4 is 35.0 Å². The first-order valence-electron chi connectivity index (χ1n) is 11.4. The van der Waals surface area contributed by atoms with Crippen molar-refractivity contribution in [1.82, 2.24) is 10.2 Å². The van der Waals surface area contributed by atoms with E-state index in [2.05, 4.69) is 5.32 Å². The second-order valence-electron chi connectivity index (χ2n) is 8.76. The summed E-state index contributed by atoms with van der Waals surface area (Å²) in [5.74, 6) is -0.0368. The lowest BCUT2D eigenvalue weighted by Gasteiger charge is -2.32. The number of hydrogen-bond acceptors (Lipinski definition) is 2. The first kappa shape index (κ1) is 25.8. The van der Waals surface area contributed by atoms with E-state index in [9.17, 15) is 9.59 Å². The van der Waals surface area contributed by atoms with E-state index >= 15 is 0 Å². The molecule has 2 amide bonds. The van der Waals surface area contributed by atoms with Crippen LogP contribution in [0.1, 0.15) is 30.5 Å². The minimum absolute atomic E-state index is 0.0750. The highest BCUT2D eigenvalue weighted by molar-refractivity contribution is 6.35. The van der Waals surface area contributed by atoms with Gasteiger partial charge in [0.05, 0.1) is 6.42 Å². The molecular weight excluding hydrogens is 467 g/mol. The van der Waals surface area contributed by atoms with Crippen LogP contribution in [-0.4, -0.2) is 29.3 Å². The van der Waals surface area contributed by atoms with Crippen molar-refractivity contribution in [3.63, 3.8) is 0 Å². The molecule has 0 aliphatic carbocycles. The number of nitrogens with one attached hydrogen (secondary N) is 1. The first-order valence-corrected chi connectivity index (χ1v) is 12.2. The molecule has 4 nitrogen and oxygen atoms in total. The maximum Gasteiger partial charge on any atom is 0.243 e. The summed E-state index contributed by atoms with van der Waals surface area (Å²) in [5, 5.41) is 3.98. The van der Waals surface area contributed by atoms with Crippen molar-refractivity contribution in [1.29, 1.82) is 0 Å². The fourth-order valence-electron chi connectivity index (χ4n) is 3.69. The molecule has 178 valence electrons. The highest BCUT2D eigenvalue weighted by Crippen LogP contribution is 2.23. The maximum absolute atomic E-state index is 13.7. The molecule has 3 aromatic carbocycles. The van der Waals surface area contributed by atoms with Crippen LogP contribution in [0, 0.1) is 5.92 Å². The van der Waals surface area contributed by atoms with E-state index in [4.69, 9.17) is 23.2 Å². The third-order valence-corrected chi connectivity index (χ3v) is 6.10. The molecule has 1 atom stereocenters. The lowest BCUT2D eigenvalue weighted by molar-refractivity contribution is -0.140. The fourth-order valence-corrected chi connectivity index (χ4v) is 4.16. The van der Waals surface area contributed by atoms with Gasteiger partial charge < -0.3 is 10.2 Å². The Labute approximate surface area is 211 Å². The molecule has 0 radical (unpaired) electrons. The van der Waals surface area contributed by atoms with Gasteiger partial charge in [0.25, 0.3) is 0 Å². The Morgan fingerprint density at radius 3 is 2.09 bits per heavy atom. The molecule has 6 heteroatoms. The van der Waals surface area contributed by atoms with Crippen LogP contribution in [0.15, 0.2) is 78.9 Å². The van der Waals surface area contributed by atoms with Crippen LogP contribution < -0.4 is 5.32 Å². The number of benzene rings is 3. The molecular formula is C28H30Cl2N2O2. The van der Waals surface area contributed by atoms with E-state index in [1.807, 2.05) is 74.5 Å². The summed E-state index contributed by atoms with van der Waals surface area (Å²) in [6, 6.07) is 23.9. The Morgan fingerprint density at radius 1 is 0.882 bits per heavy atom. The summed E-state index contributed by atoms with van der Waals surface area (Å²) < 4.78 is 0. The van der Waals surface area contributed by atoms with Gasteiger partial charge in [-0.15, -0.1) is 0 Å². The zero-order chi connectivity index (χ0) is 24.5. The first-order chi connectivity index (χ1) is 16.3. The van der Waals surface area contributed by atoms with Crippen LogP contribution in [0.3, 0.4) is 0 Å². The number of carbonyl (C=O) groups is 2. The van der Waals surface area contributed by atoms with Crippen molar-refractivity contribution in [3.05, 3.63) is 106 Å². The van der Waals surface area contributed by atoms with Crippen molar-refractivity contribution in [3.8, 4) is 0 Å². The van der Waals surface area contributed by atoms with E-state index in [0.717, 1.165) is 11.1 Å². The van der Waals surface area contributed by atoms with E-state index in [-0.39, 0.29) is 18.2 Å². The van der Waals surface area contributed by atoms with Gasteiger partial charge >= 0.3 is 0 Å². The molecule has 0 aliphatic rings. The zero-order valence-electron chi connectivity index (χ0n) is 19.5. The van der Waals surface area contributed by atoms with Gasteiger partial charge in [0.1, 0.15) is 6.04 Å². The number of carbonyl (C=O) groups excluding carboxylic acids is 2. The molecule has 3 rings (SSSR count). The minimum atomic E-state index is -0.667. The molecule has 0 fully saturated rings. The number of hydrogen-bond donors (Lipinski definition) is 1. The molecule has 0 aromatic heterocycles. The third kappa shape index (κ3) is 7.61. The summed E-state index contributed by atoms with van der Waals surface area (Å²) in [6.45, 7) is 4.95. The minimum Gasteiger partial charge on any atom is -0.354 e. The monoisotopic (exact) mass is 496 g/mol. The van der Waals surface area contributed by atoms with Gasteiger partial charge in [0.2, 0.25) is 11.8 Å². The van der Waals surface area contributed by atoms with Crippen molar-refractivity contribution in [2.75, 3.05) is 6.54 Å². The summed E-state index contributed by atoms with van der Waals surface area (Å²) in [6.07, 6.45) is 0.489. The fraction of sp³-hybridized carbons (Fsp3) is 0.286. The number of amides is 2. The molecule has 0 unspecified atom stereocenters. The van der Waals surface area contributed by atoms with Crippen LogP contribution in [0.25, 0.3) is 0 Å². The summed E-state index contributed by atoms with van der Waals surface area (Å²) in [7, 11) is 0. The Kier molecular flexibility index (Phi) is 9.55. The van der Waals surface area contributed by atoms with E-state index in [1.54, 1.807) is 23.1 Å². The molecule has 0 spiro atoms. The normalized spacial score (nSPS) is 11.8. The number of nitrogens with zero attached hydrogens (tertiary/aromatic N) is 1. The third-order valence-electron chi connectivity index (χ3n) is 5.51. The zero-order valence-corrected chi connectivity index (χ0v) is 21.0. The van der Waals surface area contributed by atoms with E-state index in [1.165, 1.54) is 0 Å². The smallest absolute Gasteiger partial charge is 0.243 e. The van der Waals surface area contributed by atoms with Crippen molar-refractivity contribution < 1.29 is 9.59 Å². The van der Waals surface area contributed by atoms with Crippen LogP contribution in [0.5, 0.6) is 0 Å². The maximum atomic E-state index is 13.7. The van der Waals surface area contributed by atoms with Crippen molar-refractivity contribution in [2.24, 2.45) is 5.92 Å². The van der Waals surface area contributed by atoms with Gasteiger partial charge in [-0.3, -0.25) is 9.59 Å². The Bertz CT molecular complexity index is 1090. The Hall–Kier alpha value is -2.82. The van der Waals surface area contributed by atoms with Gasteiger partial charge in [-0.05, 0) is 34.7 Å². The van der Waals surface area contributed by atoms with Gasteiger partial charge in [0, 0.05) is 29.6 Å². The average molecular weight is 497 g/mol. The van der Waals surface area contributed by atoms with Crippen LogP contribution in [0.2, 0.25) is 10.0 Å². The quantitative estimate of drug-likeness (QED) is 0.377.